The number of carbonyl (C=O) groups excluding carboxylic acids is 1. The lowest BCUT2D eigenvalue weighted by Gasteiger charge is -2.41. The van der Waals surface area contributed by atoms with Crippen LogP contribution in [0.2, 0.25) is 0 Å². The Kier molecular flexibility index (Phi) is 4.24. The number of hydrogen-bond donors (Lipinski definition) is 1. The zero-order chi connectivity index (χ0) is 12.3. The van der Waals surface area contributed by atoms with Crippen LogP contribution in [0.1, 0.15) is 64.7 Å². The predicted octanol–water partition coefficient (Wildman–Crippen LogP) is 3.29. The Labute approximate surface area is 105 Å². The summed E-state index contributed by atoms with van der Waals surface area (Å²) in [6, 6.07) is 0. The molecule has 0 unspecified atom stereocenters. The van der Waals surface area contributed by atoms with Crippen LogP contribution in [0.4, 0.5) is 0 Å². The summed E-state index contributed by atoms with van der Waals surface area (Å²) in [6.45, 7) is 2.98. The van der Waals surface area contributed by atoms with Crippen molar-refractivity contribution in [2.24, 2.45) is 23.0 Å². The van der Waals surface area contributed by atoms with Crippen molar-refractivity contribution < 1.29 is 4.79 Å². The molecular weight excluding hydrogens is 210 g/mol. The van der Waals surface area contributed by atoms with Crippen LogP contribution in [0.25, 0.3) is 0 Å². The van der Waals surface area contributed by atoms with Crippen LogP contribution in [0.15, 0.2) is 0 Å². The van der Waals surface area contributed by atoms with Crippen molar-refractivity contribution in [1.82, 2.24) is 0 Å². The number of Topliss-reactive ketones (excluding diaryl/α,β-unsaturated/α-hetero) is 1. The molecule has 0 atom stereocenters. The van der Waals surface area contributed by atoms with Gasteiger partial charge < -0.3 is 5.73 Å². The van der Waals surface area contributed by atoms with Gasteiger partial charge in [0.25, 0.3) is 0 Å². The molecule has 2 N–H and O–H groups in total. The van der Waals surface area contributed by atoms with Crippen molar-refractivity contribution in [2.75, 3.05) is 6.54 Å². The Morgan fingerprint density at radius 3 is 2.29 bits per heavy atom. The van der Waals surface area contributed by atoms with Crippen LogP contribution in [0.5, 0.6) is 0 Å². The summed E-state index contributed by atoms with van der Waals surface area (Å²) in [5.41, 5.74) is 6.05. The van der Waals surface area contributed by atoms with E-state index in [9.17, 15) is 4.79 Å². The summed E-state index contributed by atoms with van der Waals surface area (Å²) >= 11 is 0. The van der Waals surface area contributed by atoms with Gasteiger partial charge in [0.05, 0.1) is 0 Å². The molecule has 98 valence electrons. The van der Waals surface area contributed by atoms with E-state index in [1.807, 2.05) is 0 Å². The van der Waals surface area contributed by atoms with Crippen LogP contribution in [-0.4, -0.2) is 12.3 Å². The smallest absolute Gasteiger partial charge is 0.136 e. The van der Waals surface area contributed by atoms with Gasteiger partial charge in [-0.15, -0.1) is 0 Å². The van der Waals surface area contributed by atoms with E-state index >= 15 is 0 Å². The van der Waals surface area contributed by atoms with Crippen LogP contribution in [-0.2, 0) is 4.79 Å². The highest BCUT2D eigenvalue weighted by Crippen LogP contribution is 2.44. The second-order valence-electron chi connectivity index (χ2n) is 6.33. The fourth-order valence-corrected chi connectivity index (χ4v) is 3.54. The van der Waals surface area contributed by atoms with E-state index in [2.05, 4.69) is 6.92 Å². The van der Waals surface area contributed by atoms with E-state index in [1.165, 1.54) is 38.5 Å². The van der Waals surface area contributed by atoms with Crippen LogP contribution >= 0.6 is 0 Å². The summed E-state index contributed by atoms with van der Waals surface area (Å²) in [6.07, 6.45) is 10.5. The lowest BCUT2D eigenvalue weighted by Crippen LogP contribution is -2.40. The van der Waals surface area contributed by atoms with Gasteiger partial charge in [-0.1, -0.05) is 19.8 Å². The quantitative estimate of drug-likeness (QED) is 0.797. The average molecular weight is 237 g/mol. The fourth-order valence-electron chi connectivity index (χ4n) is 3.54. The molecule has 0 aliphatic heterocycles. The van der Waals surface area contributed by atoms with Crippen molar-refractivity contribution >= 4 is 5.78 Å². The van der Waals surface area contributed by atoms with Gasteiger partial charge in [0.1, 0.15) is 5.78 Å². The highest BCUT2D eigenvalue weighted by molar-refractivity contribution is 5.81. The molecule has 0 radical (unpaired) electrons. The molecule has 0 bridgehead atoms. The first kappa shape index (κ1) is 13.1. The minimum Gasteiger partial charge on any atom is -0.330 e. The van der Waals surface area contributed by atoms with Crippen LogP contribution in [0, 0.1) is 17.3 Å². The number of ketones is 1. The Hall–Kier alpha value is -0.370. The maximum Gasteiger partial charge on any atom is 0.136 e. The normalized spacial score (nSPS) is 31.9. The Bertz CT molecular complexity index is 257. The average Bonchev–Trinajstić information content (AvgIpc) is 2.33. The molecule has 2 aliphatic rings. The molecule has 0 heterocycles. The van der Waals surface area contributed by atoms with Crippen molar-refractivity contribution in [1.29, 1.82) is 0 Å². The van der Waals surface area contributed by atoms with E-state index < -0.39 is 0 Å². The summed E-state index contributed by atoms with van der Waals surface area (Å²) in [5.74, 6) is 1.76. The first-order valence-corrected chi connectivity index (χ1v) is 7.42. The van der Waals surface area contributed by atoms with Gasteiger partial charge in [0, 0.05) is 12.3 Å². The molecule has 0 saturated heterocycles. The molecule has 17 heavy (non-hydrogen) atoms. The van der Waals surface area contributed by atoms with E-state index in [0.717, 1.165) is 25.2 Å². The zero-order valence-electron chi connectivity index (χ0n) is 11.2. The standard InChI is InChI=1S/C15H27NO/c1-2-12-4-6-13(7-5-12)14(17)10-15(11-16)8-3-9-15/h12-13H,2-11,16H2,1H3. The monoisotopic (exact) mass is 237 g/mol. The Balaban J connectivity index is 1.80. The minimum absolute atomic E-state index is 0.207. The number of rotatable bonds is 5. The van der Waals surface area contributed by atoms with E-state index in [4.69, 9.17) is 5.73 Å². The molecule has 0 aromatic rings. The Morgan fingerprint density at radius 1 is 1.24 bits per heavy atom. The molecule has 0 spiro atoms. The molecular formula is C15H27NO. The summed E-state index contributed by atoms with van der Waals surface area (Å²) < 4.78 is 0. The molecule has 2 nitrogen and oxygen atoms in total. The molecule has 2 fully saturated rings. The van der Waals surface area contributed by atoms with Gasteiger partial charge in [-0.3, -0.25) is 4.79 Å². The molecule has 0 aromatic carbocycles. The van der Waals surface area contributed by atoms with Crippen molar-refractivity contribution in [3.8, 4) is 0 Å². The third-order valence-corrected chi connectivity index (χ3v) is 5.28. The zero-order valence-corrected chi connectivity index (χ0v) is 11.2. The van der Waals surface area contributed by atoms with Crippen molar-refractivity contribution in [3.05, 3.63) is 0 Å². The van der Waals surface area contributed by atoms with E-state index in [0.29, 0.717) is 18.2 Å². The van der Waals surface area contributed by atoms with E-state index in [-0.39, 0.29) is 5.41 Å². The maximum atomic E-state index is 12.3. The second kappa shape index (κ2) is 5.51. The highest BCUT2D eigenvalue weighted by Gasteiger charge is 2.39. The summed E-state index contributed by atoms with van der Waals surface area (Å²) in [4.78, 5) is 12.3. The SMILES string of the molecule is CCC1CCC(C(=O)CC2(CN)CCC2)CC1. The van der Waals surface area contributed by atoms with Crippen LogP contribution < -0.4 is 5.73 Å². The summed E-state index contributed by atoms with van der Waals surface area (Å²) in [5, 5.41) is 0. The number of nitrogens with two attached hydrogens (primary N) is 1. The fraction of sp³-hybridized carbons (Fsp3) is 0.933. The van der Waals surface area contributed by atoms with Crippen molar-refractivity contribution in [2.45, 2.75) is 64.7 Å². The second-order valence-corrected chi connectivity index (χ2v) is 6.33. The van der Waals surface area contributed by atoms with Gasteiger partial charge in [-0.2, -0.15) is 0 Å². The highest BCUT2D eigenvalue weighted by atomic mass is 16.1. The predicted molar refractivity (Wildman–Crippen MR) is 70.7 cm³/mol. The lowest BCUT2D eigenvalue weighted by atomic mass is 9.64. The largest absolute Gasteiger partial charge is 0.330 e. The van der Waals surface area contributed by atoms with Crippen molar-refractivity contribution in [3.63, 3.8) is 0 Å². The minimum atomic E-state index is 0.207. The maximum absolute atomic E-state index is 12.3. The van der Waals surface area contributed by atoms with E-state index in [1.54, 1.807) is 0 Å². The molecule has 0 amide bonds. The molecule has 2 saturated carbocycles. The van der Waals surface area contributed by atoms with Gasteiger partial charge in [0.2, 0.25) is 0 Å². The third-order valence-electron chi connectivity index (χ3n) is 5.28. The van der Waals surface area contributed by atoms with Gasteiger partial charge in [-0.25, -0.2) is 0 Å². The molecule has 2 rings (SSSR count). The van der Waals surface area contributed by atoms with Gasteiger partial charge in [-0.05, 0) is 56.4 Å². The topological polar surface area (TPSA) is 43.1 Å². The molecule has 0 aromatic heterocycles. The number of carbonyl (C=O) groups is 1. The molecule has 2 aliphatic carbocycles. The molecule has 2 heteroatoms. The Morgan fingerprint density at radius 2 is 1.88 bits per heavy atom. The summed E-state index contributed by atoms with van der Waals surface area (Å²) in [7, 11) is 0. The van der Waals surface area contributed by atoms with Gasteiger partial charge in [0.15, 0.2) is 0 Å². The number of hydrogen-bond acceptors (Lipinski definition) is 2. The third kappa shape index (κ3) is 2.90. The first-order chi connectivity index (χ1) is 8.19. The first-order valence-electron chi connectivity index (χ1n) is 7.42. The van der Waals surface area contributed by atoms with Gasteiger partial charge >= 0.3 is 0 Å². The lowest BCUT2D eigenvalue weighted by molar-refractivity contribution is -0.127. The van der Waals surface area contributed by atoms with Crippen LogP contribution in [0.3, 0.4) is 0 Å².